The van der Waals surface area contributed by atoms with Crippen molar-refractivity contribution in [2.24, 2.45) is 0 Å². The Labute approximate surface area is 118 Å². The summed E-state index contributed by atoms with van der Waals surface area (Å²) in [5.41, 5.74) is 1.11. The highest BCUT2D eigenvalue weighted by Crippen LogP contribution is 2.18. The maximum absolute atomic E-state index is 13.0. The fourth-order valence-electron chi connectivity index (χ4n) is 1.54. The SMILES string of the molecule is O=C(/C=C/c1ccc(F)c(Br)c1)c1cccc(O)c1. The van der Waals surface area contributed by atoms with Crippen molar-refractivity contribution in [3.63, 3.8) is 0 Å². The molecule has 4 heteroatoms. The molecule has 0 aliphatic heterocycles. The minimum absolute atomic E-state index is 0.0452. The molecule has 0 heterocycles. The first-order chi connectivity index (χ1) is 9.06. The summed E-state index contributed by atoms with van der Waals surface area (Å²) in [7, 11) is 0. The summed E-state index contributed by atoms with van der Waals surface area (Å²) in [5, 5.41) is 9.29. The molecule has 0 saturated carbocycles. The highest BCUT2D eigenvalue weighted by atomic mass is 79.9. The highest BCUT2D eigenvalue weighted by Gasteiger charge is 2.03. The van der Waals surface area contributed by atoms with Gasteiger partial charge in [0.2, 0.25) is 0 Å². The molecule has 0 aliphatic rings. The molecule has 0 aliphatic carbocycles. The zero-order chi connectivity index (χ0) is 13.8. The third-order valence-corrected chi connectivity index (χ3v) is 3.11. The van der Waals surface area contributed by atoms with Crippen LogP contribution in [0.4, 0.5) is 4.39 Å². The third kappa shape index (κ3) is 3.51. The molecule has 0 unspecified atom stereocenters. The number of ketones is 1. The van der Waals surface area contributed by atoms with Crippen LogP contribution in [0.2, 0.25) is 0 Å². The quantitative estimate of drug-likeness (QED) is 0.680. The molecule has 2 aromatic rings. The van der Waals surface area contributed by atoms with Gasteiger partial charge in [-0.05, 0) is 51.8 Å². The van der Waals surface area contributed by atoms with E-state index < -0.39 is 0 Å². The molecule has 96 valence electrons. The van der Waals surface area contributed by atoms with Crippen LogP contribution in [-0.2, 0) is 0 Å². The Balaban J connectivity index is 2.18. The second-order valence-electron chi connectivity index (χ2n) is 3.92. The van der Waals surface area contributed by atoms with Gasteiger partial charge >= 0.3 is 0 Å². The van der Waals surface area contributed by atoms with Gasteiger partial charge in [-0.1, -0.05) is 24.3 Å². The molecule has 2 rings (SSSR count). The Kier molecular flexibility index (Phi) is 4.12. The van der Waals surface area contributed by atoms with E-state index in [2.05, 4.69) is 15.9 Å². The summed E-state index contributed by atoms with van der Waals surface area (Å²) in [5.74, 6) is -0.531. The Hall–Kier alpha value is -1.94. The number of allylic oxidation sites excluding steroid dienone is 1. The number of benzene rings is 2. The first kappa shape index (κ1) is 13.5. The normalized spacial score (nSPS) is 10.8. The Bertz CT molecular complexity index is 650. The molecular formula is C15H10BrFO2. The van der Waals surface area contributed by atoms with Crippen molar-refractivity contribution in [2.75, 3.05) is 0 Å². The maximum Gasteiger partial charge on any atom is 0.185 e. The molecule has 0 aromatic heterocycles. The van der Waals surface area contributed by atoms with E-state index in [1.165, 1.54) is 24.3 Å². The van der Waals surface area contributed by atoms with Crippen molar-refractivity contribution < 1.29 is 14.3 Å². The van der Waals surface area contributed by atoms with Gasteiger partial charge in [0.1, 0.15) is 11.6 Å². The Morgan fingerprint density at radius 1 is 1.21 bits per heavy atom. The molecule has 2 nitrogen and oxygen atoms in total. The summed E-state index contributed by atoms with van der Waals surface area (Å²) in [6.45, 7) is 0. The number of halogens is 2. The number of carbonyl (C=O) groups is 1. The number of hydrogen-bond donors (Lipinski definition) is 1. The van der Waals surface area contributed by atoms with Gasteiger partial charge < -0.3 is 5.11 Å². The summed E-state index contributed by atoms with van der Waals surface area (Å²) in [4.78, 5) is 11.8. The van der Waals surface area contributed by atoms with Crippen LogP contribution in [0.1, 0.15) is 15.9 Å². The van der Waals surface area contributed by atoms with Crippen LogP contribution < -0.4 is 0 Å². The summed E-state index contributed by atoms with van der Waals surface area (Å²) >= 11 is 3.08. The van der Waals surface area contributed by atoms with Crippen LogP contribution in [0.15, 0.2) is 53.0 Å². The predicted molar refractivity (Wildman–Crippen MR) is 75.6 cm³/mol. The van der Waals surface area contributed by atoms with E-state index in [9.17, 15) is 14.3 Å². The van der Waals surface area contributed by atoms with Crippen molar-refractivity contribution >= 4 is 27.8 Å². The maximum atomic E-state index is 13.0. The third-order valence-electron chi connectivity index (χ3n) is 2.50. The molecule has 1 N–H and O–H groups in total. The van der Waals surface area contributed by atoms with E-state index in [0.29, 0.717) is 15.6 Å². The van der Waals surface area contributed by atoms with Crippen LogP contribution in [0.3, 0.4) is 0 Å². The lowest BCUT2D eigenvalue weighted by Gasteiger charge is -1.98. The average Bonchev–Trinajstić information content (AvgIpc) is 2.40. The van der Waals surface area contributed by atoms with E-state index in [1.54, 1.807) is 30.3 Å². The van der Waals surface area contributed by atoms with Gasteiger partial charge in [0.05, 0.1) is 4.47 Å². The van der Waals surface area contributed by atoms with Crippen molar-refractivity contribution in [3.8, 4) is 5.75 Å². The van der Waals surface area contributed by atoms with Crippen LogP contribution in [0, 0.1) is 5.82 Å². The molecule has 0 radical (unpaired) electrons. The zero-order valence-corrected chi connectivity index (χ0v) is 11.4. The summed E-state index contributed by atoms with van der Waals surface area (Å²) in [6, 6.07) is 10.6. The first-order valence-corrected chi connectivity index (χ1v) is 6.32. The lowest BCUT2D eigenvalue weighted by molar-refractivity contribution is 0.104. The highest BCUT2D eigenvalue weighted by molar-refractivity contribution is 9.10. The molecule has 2 aromatic carbocycles. The lowest BCUT2D eigenvalue weighted by Crippen LogP contribution is -1.93. The summed E-state index contributed by atoms with van der Waals surface area (Å²) in [6.07, 6.45) is 2.98. The number of phenols is 1. The van der Waals surface area contributed by atoms with Crippen molar-refractivity contribution in [2.45, 2.75) is 0 Å². The smallest absolute Gasteiger partial charge is 0.185 e. The Morgan fingerprint density at radius 3 is 2.68 bits per heavy atom. The van der Waals surface area contributed by atoms with Crippen LogP contribution >= 0.6 is 15.9 Å². The number of aromatic hydroxyl groups is 1. The summed E-state index contributed by atoms with van der Waals surface area (Å²) < 4.78 is 13.4. The number of carbonyl (C=O) groups excluding carboxylic acids is 1. The number of rotatable bonds is 3. The van der Waals surface area contributed by atoms with E-state index >= 15 is 0 Å². The van der Waals surface area contributed by atoms with Crippen molar-refractivity contribution in [1.82, 2.24) is 0 Å². The largest absolute Gasteiger partial charge is 0.508 e. The standard InChI is InChI=1S/C15H10BrFO2/c16-13-8-10(4-6-14(13)17)5-7-15(19)11-2-1-3-12(18)9-11/h1-9,18H/b7-5+. The van der Waals surface area contributed by atoms with Gasteiger partial charge in [-0.15, -0.1) is 0 Å². The van der Waals surface area contributed by atoms with Crippen LogP contribution in [-0.4, -0.2) is 10.9 Å². The van der Waals surface area contributed by atoms with Crippen LogP contribution in [0.5, 0.6) is 5.75 Å². The van der Waals surface area contributed by atoms with Crippen LogP contribution in [0.25, 0.3) is 6.08 Å². The van der Waals surface area contributed by atoms with Crippen molar-refractivity contribution in [3.05, 3.63) is 70.0 Å². The van der Waals surface area contributed by atoms with Gasteiger partial charge in [0.15, 0.2) is 5.78 Å². The minimum Gasteiger partial charge on any atom is -0.508 e. The second-order valence-corrected chi connectivity index (χ2v) is 4.78. The fourth-order valence-corrected chi connectivity index (χ4v) is 1.94. The molecule has 0 saturated heterocycles. The number of hydrogen-bond acceptors (Lipinski definition) is 2. The molecule has 0 amide bonds. The zero-order valence-electron chi connectivity index (χ0n) is 9.81. The molecular weight excluding hydrogens is 311 g/mol. The number of phenolic OH excluding ortho intramolecular Hbond substituents is 1. The van der Waals surface area contributed by atoms with Gasteiger partial charge in [0, 0.05) is 5.56 Å². The second kappa shape index (κ2) is 5.80. The molecule has 0 bridgehead atoms. The van der Waals surface area contributed by atoms with Gasteiger partial charge in [0.25, 0.3) is 0 Å². The first-order valence-electron chi connectivity index (χ1n) is 5.53. The van der Waals surface area contributed by atoms with E-state index in [0.717, 1.165) is 0 Å². The topological polar surface area (TPSA) is 37.3 Å². The predicted octanol–water partition coefficient (Wildman–Crippen LogP) is 4.19. The molecule has 0 fully saturated rings. The van der Waals surface area contributed by atoms with E-state index in [4.69, 9.17) is 0 Å². The van der Waals surface area contributed by atoms with E-state index in [1.807, 2.05) is 0 Å². The van der Waals surface area contributed by atoms with E-state index in [-0.39, 0.29) is 17.3 Å². The molecule has 0 atom stereocenters. The lowest BCUT2D eigenvalue weighted by atomic mass is 10.1. The molecule has 19 heavy (non-hydrogen) atoms. The minimum atomic E-state index is -0.351. The van der Waals surface area contributed by atoms with Crippen molar-refractivity contribution in [1.29, 1.82) is 0 Å². The fraction of sp³-hybridized carbons (Fsp3) is 0. The average molecular weight is 321 g/mol. The van der Waals surface area contributed by atoms with Gasteiger partial charge in [-0.3, -0.25) is 4.79 Å². The Morgan fingerprint density at radius 2 is 2.00 bits per heavy atom. The van der Waals surface area contributed by atoms with Gasteiger partial charge in [-0.2, -0.15) is 0 Å². The monoisotopic (exact) mass is 320 g/mol. The van der Waals surface area contributed by atoms with Gasteiger partial charge in [-0.25, -0.2) is 4.39 Å². The molecule has 0 spiro atoms.